The Morgan fingerprint density at radius 2 is 1.71 bits per heavy atom. The molecule has 1 unspecified atom stereocenters. The minimum Gasteiger partial charge on any atom is -0.319 e. The average molecular weight is 493 g/mol. The van der Waals surface area contributed by atoms with Gasteiger partial charge in [-0.25, -0.2) is 9.82 Å². The molecule has 3 nitrogen and oxygen atoms in total. The van der Waals surface area contributed by atoms with Gasteiger partial charge in [0.25, 0.3) is 0 Å². The Morgan fingerprint density at radius 3 is 2.26 bits per heavy atom. The van der Waals surface area contributed by atoms with Gasteiger partial charge in [-0.05, 0) is 60.4 Å². The molecule has 0 spiro atoms. The molecule has 8 heteroatoms. The fourth-order valence-electron chi connectivity index (χ4n) is 3.19. The maximum absolute atomic E-state index is 13.4. The van der Waals surface area contributed by atoms with Crippen molar-refractivity contribution in [1.29, 1.82) is 0 Å². The van der Waals surface area contributed by atoms with Crippen LogP contribution in [-0.2, 0) is 0 Å². The topological polar surface area (TPSA) is 41.1 Å². The first-order valence-electron chi connectivity index (χ1n) is 10.3. The van der Waals surface area contributed by atoms with E-state index >= 15 is 0 Å². The molecular weight excluding hydrogens is 468 g/mol. The molecule has 0 aliphatic rings. The number of carbonyl (C=O) groups is 1. The Hall–Kier alpha value is -3.16. The molecule has 0 aliphatic carbocycles. The largest absolute Gasteiger partial charge is 0.399 e. The van der Waals surface area contributed by atoms with Gasteiger partial charge in [0.1, 0.15) is 12.1 Å². The number of benzene rings is 3. The maximum atomic E-state index is 13.4. The Morgan fingerprint density at radius 1 is 1.00 bits per heavy atom. The minimum atomic E-state index is -4.43. The summed E-state index contributed by atoms with van der Waals surface area (Å²) < 4.78 is 53.0. The molecule has 3 aromatic carbocycles. The summed E-state index contributed by atoms with van der Waals surface area (Å²) in [5, 5.41) is 0.277. The zero-order chi connectivity index (χ0) is 25.3. The summed E-state index contributed by atoms with van der Waals surface area (Å²) in [6, 6.07) is 15.8. The lowest BCUT2D eigenvalue weighted by Crippen LogP contribution is -2.19. The predicted octanol–water partition coefficient (Wildman–Crippen LogP) is 7.50. The second kappa shape index (κ2) is 12.3. The second-order valence-corrected chi connectivity index (χ2v) is 7.97. The van der Waals surface area contributed by atoms with E-state index in [4.69, 9.17) is 11.6 Å². The number of aryl methyl sites for hydroxylation is 2. The van der Waals surface area contributed by atoms with Crippen LogP contribution >= 0.6 is 11.6 Å². The SMILES string of the molecule is CNNc1ccccc1F.Cc1cc(Cl)cc(C(/C=C/c2ccc(C=O)c(C)c2)C(F)(F)F)c1. The van der Waals surface area contributed by atoms with Gasteiger partial charge >= 0.3 is 6.18 Å². The van der Waals surface area contributed by atoms with E-state index in [2.05, 4.69) is 10.9 Å². The van der Waals surface area contributed by atoms with Crippen molar-refractivity contribution in [2.24, 2.45) is 0 Å². The van der Waals surface area contributed by atoms with Crippen LogP contribution in [0.2, 0.25) is 5.02 Å². The first-order valence-corrected chi connectivity index (χ1v) is 10.7. The van der Waals surface area contributed by atoms with Gasteiger partial charge in [0.15, 0.2) is 0 Å². The number of allylic oxidation sites excluding steroid dienone is 1. The summed E-state index contributed by atoms with van der Waals surface area (Å²) in [6.07, 6.45) is -1.18. The lowest BCUT2D eigenvalue weighted by Gasteiger charge is -2.18. The Kier molecular flexibility index (Phi) is 9.83. The average Bonchev–Trinajstić information content (AvgIpc) is 2.75. The third kappa shape index (κ3) is 8.01. The first kappa shape index (κ1) is 27.1. The van der Waals surface area contributed by atoms with Crippen molar-refractivity contribution in [3.63, 3.8) is 0 Å². The van der Waals surface area contributed by atoms with Gasteiger partial charge < -0.3 is 5.43 Å². The number of hydrogen-bond donors (Lipinski definition) is 2. The molecule has 180 valence electrons. The molecule has 0 radical (unpaired) electrons. The van der Waals surface area contributed by atoms with E-state index in [1.807, 2.05) is 0 Å². The number of nitrogens with one attached hydrogen (secondary N) is 2. The van der Waals surface area contributed by atoms with Crippen LogP contribution in [0.25, 0.3) is 6.08 Å². The molecule has 1 atom stereocenters. The van der Waals surface area contributed by atoms with E-state index in [1.54, 1.807) is 63.4 Å². The van der Waals surface area contributed by atoms with Crippen molar-refractivity contribution in [3.8, 4) is 0 Å². The molecule has 0 aliphatic heterocycles. The van der Waals surface area contributed by atoms with E-state index in [0.717, 1.165) is 12.4 Å². The third-order valence-electron chi connectivity index (χ3n) is 4.81. The molecule has 0 bridgehead atoms. The highest BCUT2D eigenvalue weighted by molar-refractivity contribution is 6.30. The Bertz CT molecular complexity index is 1130. The van der Waals surface area contributed by atoms with Crippen LogP contribution in [0, 0.1) is 19.7 Å². The van der Waals surface area contributed by atoms with Crippen molar-refractivity contribution in [3.05, 3.63) is 105 Å². The highest BCUT2D eigenvalue weighted by atomic mass is 35.5. The van der Waals surface area contributed by atoms with E-state index < -0.39 is 12.1 Å². The van der Waals surface area contributed by atoms with E-state index in [1.165, 1.54) is 24.3 Å². The van der Waals surface area contributed by atoms with Crippen molar-refractivity contribution in [1.82, 2.24) is 5.43 Å². The summed E-state index contributed by atoms with van der Waals surface area (Å²) in [5.74, 6) is -2.00. The van der Waals surface area contributed by atoms with Gasteiger partial charge in [-0.3, -0.25) is 4.79 Å². The van der Waals surface area contributed by atoms with Gasteiger partial charge in [-0.15, -0.1) is 0 Å². The smallest absolute Gasteiger partial charge is 0.319 e. The molecule has 2 N–H and O–H groups in total. The second-order valence-electron chi connectivity index (χ2n) is 7.53. The molecule has 0 saturated carbocycles. The lowest BCUT2D eigenvalue weighted by atomic mass is 9.95. The predicted molar refractivity (Wildman–Crippen MR) is 130 cm³/mol. The van der Waals surface area contributed by atoms with Gasteiger partial charge in [-0.2, -0.15) is 13.2 Å². The molecule has 0 saturated heterocycles. The van der Waals surface area contributed by atoms with Crippen LogP contribution in [0.5, 0.6) is 0 Å². The molecule has 34 heavy (non-hydrogen) atoms. The number of para-hydroxylation sites is 1. The van der Waals surface area contributed by atoms with E-state index in [9.17, 15) is 22.4 Å². The lowest BCUT2D eigenvalue weighted by molar-refractivity contribution is -0.139. The van der Waals surface area contributed by atoms with Crippen molar-refractivity contribution in [2.45, 2.75) is 25.9 Å². The summed E-state index contributed by atoms with van der Waals surface area (Å²) in [5.41, 5.74) is 8.36. The summed E-state index contributed by atoms with van der Waals surface area (Å²) in [7, 11) is 1.69. The number of hydrazine groups is 1. The summed E-state index contributed by atoms with van der Waals surface area (Å²) in [4.78, 5) is 10.8. The van der Waals surface area contributed by atoms with Crippen LogP contribution in [0.1, 0.15) is 38.5 Å². The van der Waals surface area contributed by atoms with Gasteiger partial charge in [0.2, 0.25) is 0 Å². The molecule has 0 aromatic heterocycles. The molecule has 3 aromatic rings. The van der Waals surface area contributed by atoms with Gasteiger partial charge in [0.05, 0.1) is 11.6 Å². The zero-order valence-electron chi connectivity index (χ0n) is 18.9. The number of halogens is 5. The van der Waals surface area contributed by atoms with Crippen molar-refractivity contribution < 1.29 is 22.4 Å². The highest BCUT2D eigenvalue weighted by Gasteiger charge is 2.39. The monoisotopic (exact) mass is 492 g/mol. The molecular formula is C26H25ClF4N2O. The van der Waals surface area contributed by atoms with Crippen LogP contribution in [0.15, 0.2) is 66.7 Å². The molecule has 0 heterocycles. The minimum absolute atomic E-state index is 0.102. The van der Waals surface area contributed by atoms with Gasteiger partial charge in [-0.1, -0.05) is 60.2 Å². The fraction of sp³-hybridized carbons (Fsp3) is 0.192. The van der Waals surface area contributed by atoms with E-state index in [-0.39, 0.29) is 16.4 Å². The fourth-order valence-corrected chi connectivity index (χ4v) is 3.49. The third-order valence-corrected chi connectivity index (χ3v) is 5.03. The number of aldehydes is 1. The Balaban J connectivity index is 0.000000340. The van der Waals surface area contributed by atoms with Crippen molar-refractivity contribution in [2.75, 3.05) is 12.5 Å². The van der Waals surface area contributed by atoms with E-state index in [0.29, 0.717) is 27.9 Å². The maximum Gasteiger partial charge on any atom is 0.399 e. The summed E-state index contributed by atoms with van der Waals surface area (Å²) >= 11 is 5.89. The quantitative estimate of drug-likeness (QED) is 0.212. The van der Waals surface area contributed by atoms with Crippen LogP contribution in [0.3, 0.4) is 0 Å². The van der Waals surface area contributed by atoms with Crippen molar-refractivity contribution >= 4 is 29.7 Å². The first-order chi connectivity index (χ1) is 16.0. The number of alkyl halides is 3. The highest BCUT2D eigenvalue weighted by Crippen LogP contribution is 2.37. The van der Waals surface area contributed by atoms with Crippen LogP contribution < -0.4 is 10.9 Å². The molecule has 0 amide bonds. The Labute approximate surface area is 201 Å². The molecule has 3 rings (SSSR count). The molecule has 0 fully saturated rings. The normalized spacial score (nSPS) is 12.1. The number of anilines is 1. The van der Waals surface area contributed by atoms with Crippen LogP contribution in [0.4, 0.5) is 23.2 Å². The van der Waals surface area contributed by atoms with Crippen LogP contribution in [-0.4, -0.2) is 19.5 Å². The summed E-state index contributed by atoms with van der Waals surface area (Å²) in [6.45, 7) is 3.44. The number of carbonyl (C=O) groups excluding carboxylic acids is 1. The zero-order valence-corrected chi connectivity index (χ0v) is 19.6. The van der Waals surface area contributed by atoms with Gasteiger partial charge in [0, 0.05) is 17.6 Å². The number of hydrogen-bond acceptors (Lipinski definition) is 3. The standard InChI is InChI=1S/C19H16ClF3O.C7H9FN2/c1-12-7-16(10-17(20)8-12)18(19(21,22)23)6-4-14-3-5-15(11-24)13(2)9-14;1-9-10-7-5-3-2-4-6(7)8/h3-11,18H,1-2H3;2-5,9-10H,1H3/b6-4+;. The number of rotatable bonds is 6.